The normalized spacial score (nSPS) is 16.6. The van der Waals surface area contributed by atoms with Crippen LogP contribution in [0.2, 0.25) is 0 Å². The van der Waals surface area contributed by atoms with Crippen molar-refractivity contribution in [2.75, 3.05) is 5.32 Å². The minimum Gasteiger partial charge on any atom is -1.00 e. The molecule has 0 atom stereocenters. The van der Waals surface area contributed by atoms with Gasteiger partial charge in [-0.15, -0.1) is 0 Å². The Morgan fingerprint density at radius 1 is 1.50 bits per heavy atom. The topological polar surface area (TPSA) is 59.0 Å². The van der Waals surface area contributed by atoms with Gasteiger partial charge >= 0.3 is 5.88 Å². The molecule has 0 spiro atoms. The first-order valence-electron chi connectivity index (χ1n) is 5.41. The fourth-order valence-corrected chi connectivity index (χ4v) is 2.00. The van der Waals surface area contributed by atoms with Crippen molar-refractivity contribution in [2.45, 2.75) is 45.1 Å². The van der Waals surface area contributed by atoms with Gasteiger partial charge in [0.25, 0.3) is 6.20 Å². The summed E-state index contributed by atoms with van der Waals surface area (Å²) in [6, 6.07) is 0.435. The van der Waals surface area contributed by atoms with Gasteiger partial charge in [-0.1, -0.05) is 6.42 Å². The number of amides is 1. The number of hydrogen-bond donors (Lipinski definition) is 1. The van der Waals surface area contributed by atoms with Crippen LogP contribution in [-0.2, 0) is 4.79 Å². The summed E-state index contributed by atoms with van der Waals surface area (Å²) in [4.78, 5) is 10.8. The zero-order chi connectivity index (χ0) is 10.7. The van der Waals surface area contributed by atoms with Crippen LogP contribution in [0.25, 0.3) is 0 Å². The molecule has 1 aromatic rings. The molecule has 1 fully saturated rings. The van der Waals surface area contributed by atoms with Crippen LogP contribution in [0.3, 0.4) is 0 Å². The van der Waals surface area contributed by atoms with Crippen molar-refractivity contribution in [1.29, 1.82) is 0 Å². The maximum atomic E-state index is 10.8. The predicted octanol–water partition coefficient (Wildman–Crippen LogP) is -1.57. The van der Waals surface area contributed by atoms with E-state index in [1.807, 2.05) is 4.68 Å². The third-order valence-electron chi connectivity index (χ3n) is 2.73. The van der Waals surface area contributed by atoms with Crippen molar-refractivity contribution in [3.05, 3.63) is 6.20 Å². The van der Waals surface area contributed by atoms with E-state index in [1.54, 1.807) is 6.20 Å². The van der Waals surface area contributed by atoms with Crippen molar-refractivity contribution < 1.29 is 26.4 Å². The van der Waals surface area contributed by atoms with Gasteiger partial charge in [-0.2, -0.15) is 0 Å². The molecule has 90 valence electrons. The van der Waals surface area contributed by atoms with E-state index < -0.39 is 0 Å². The molecule has 1 amide bonds. The van der Waals surface area contributed by atoms with Crippen LogP contribution >= 0.6 is 0 Å². The molecular formula is C10H16ClN3O2. The molecule has 1 heterocycles. The summed E-state index contributed by atoms with van der Waals surface area (Å²) in [5, 5.41) is 6.50. The van der Waals surface area contributed by atoms with Crippen molar-refractivity contribution in [3.63, 3.8) is 0 Å². The Balaban J connectivity index is 0.00000128. The summed E-state index contributed by atoms with van der Waals surface area (Å²) in [6.07, 6.45) is 7.87. The van der Waals surface area contributed by atoms with Crippen LogP contribution in [0.15, 0.2) is 10.7 Å². The summed E-state index contributed by atoms with van der Waals surface area (Å²) >= 11 is 0. The second kappa shape index (κ2) is 5.84. The van der Waals surface area contributed by atoms with Gasteiger partial charge < -0.3 is 12.4 Å². The van der Waals surface area contributed by atoms with E-state index in [1.165, 1.54) is 26.2 Å². The summed E-state index contributed by atoms with van der Waals surface area (Å²) in [6.45, 7) is 1.45. The molecule has 6 heteroatoms. The zero-order valence-corrected chi connectivity index (χ0v) is 10.0. The van der Waals surface area contributed by atoms with Gasteiger partial charge in [0.2, 0.25) is 11.2 Å². The molecular weight excluding hydrogens is 230 g/mol. The third kappa shape index (κ3) is 3.20. The average Bonchev–Trinajstić information content (AvgIpc) is 2.67. The Hall–Kier alpha value is -1.10. The molecule has 0 unspecified atom stereocenters. The minimum absolute atomic E-state index is 0. The number of nitrogens with zero attached hydrogens (tertiary/aromatic N) is 2. The zero-order valence-electron chi connectivity index (χ0n) is 9.28. The fourth-order valence-electron chi connectivity index (χ4n) is 2.00. The van der Waals surface area contributed by atoms with Gasteiger partial charge in [0.1, 0.15) is 0 Å². The van der Waals surface area contributed by atoms with E-state index in [-0.39, 0.29) is 18.3 Å². The molecule has 1 N–H and O–H groups in total. The Morgan fingerprint density at radius 2 is 2.19 bits per heavy atom. The Morgan fingerprint density at radius 3 is 2.81 bits per heavy atom. The Labute approximate surface area is 101 Å². The van der Waals surface area contributed by atoms with Gasteiger partial charge in [0.05, 0.1) is 0 Å². The SMILES string of the molecule is CC(=O)Nc1c[n+](C2CCCCC2)no1.[Cl-]. The molecule has 0 aromatic carbocycles. The molecule has 2 rings (SSSR count). The van der Waals surface area contributed by atoms with E-state index in [9.17, 15) is 4.79 Å². The third-order valence-corrected chi connectivity index (χ3v) is 2.73. The molecule has 0 aliphatic heterocycles. The number of aromatic nitrogens is 2. The van der Waals surface area contributed by atoms with Crippen LogP contribution in [-0.4, -0.2) is 11.2 Å². The number of anilines is 1. The molecule has 1 saturated carbocycles. The number of halogens is 1. The summed E-state index contributed by atoms with van der Waals surface area (Å²) in [5.41, 5.74) is 0. The van der Waals surface area contributed by atoms with Crippen LogP contribution in [0, 0.1) is 0 Å². The summed E-state index contributed by atoms with van der Waals surface area (Å²) in [5.74, 6) is 0.287. The largest absolute Gasteiger partial charge is 1.00 e. The highest BCUT2D eigenvalue weighted by atomic mass is 35.5. The second-order valence-corrected chi connectivity index (χ2v) is 4.02. The van der Waals surface area contributed by atoms with Gasteiger partial charge in [-0.05, 0) is 17.5 Å². The lowest BCUT2D eigenvalue weighted by atomic mass is 9.96. The maximum Gasteiger partial charge on any atom is 0.302 e. The summed E-state index contributed by atoms with van der Waals surface area (Å²) in [7, 11) is 0. The number of hydrogen-bond acceptors (Lipinski definition) is 3. The lowest BCUT2D eigenvalue weighted by Gasteiger charge is -2.12. The molecule has 16 heavy (non-hydrogen) atoms. The molecule has 5 nitrogen and oxygen atoms in total. The van der Waals surface area contributed by atoms with Crippen molar-refractivity contribution in [3.8, 4) is 0 Å². The van der Waals surface area contributed by atoms with Crippen molar-refractivity contribution in [2.24, 2.45) is 0 Å². The Kier molecular flexibility index (Phi) is 4.73. The van der Waals surface area contributed by atoms with E-state index in [0.717, 1.165) is 12.8 Å². The highest BCUT2D eigenvalue weighted by molar-refractivity contribution is 5.86. The average molecular weight is 246 g/mol. The molecule has 0 saturated heterocycles. The Bertz CT molecular complexity index is 348. The number of carbonyl (C=O) groups excluding carboxylic acids is 1. The number of rotatable bonds is 2. The van der Waals surface area contributed by atoms with Crippen LogP contribution in [0.5, 0.6) is 0 Å². The smallest absolute Gasteiger partial charge is 0.302 e. The predicted molar refractivity (Wildman–Crippen MR) is 53.1 cm³/mol. The van der Waals surface area contributed by atoms with E-state index in [4.69, 9.17) is 4.52 Å². The van der Waals surface area contributed by atoms with Crippen molar-refractivity contribution >= 4 is 11.8 Å². The van der Waals surface area contributed by atoms with Gasteiger partial charge in [-0.25, -0.2) is 0 Å². The summed E-state index contributed by atoms with van der Waals surface area (Å²) < 4.78 is 6.83. The van der Waals surface area contributed by atoms with E-state index in [0.29, 0.717) is 11.9 Å². The second-order valence-electron chi connectivity index (χ2n) is 4.02. The highest BCUT2D eigenvalue weighted by Gasteiger charge is 2.26. The number of nitrogens with one attached hydrogen (secondary N) is 1. The quantitative estimate of drug-likeness (QED) is 0.641. The molecule has 0 bridgehead atoms. The first-order valence-corrected chi connectivity index (χ1v) is 5.41. The molecule has 0 radical (unpaired) electrons. The fraction of sp³-hybridized carbons (Fsp3) is 0.700. The van der Waals surface area contributed by atoms with E-state index >= 15 is 0 Å². The van der Waals surface area contributed by atoms with Crippen LogP contribution in [0.1, 0.15) is 45.1 Å². The molecule has 1 aliphatic rings. The van der Waals surface area contributed by atoms with Gasteiger partial charge in [0.15, 0.2) is 6.04 Å². The standard InChI is InChI=1S/C10H15N3O2.ClH/c1-8(14)11-10-7-13(12-15-10)9-5-3-2-4-6-9;/h7,9H,2-6H2,1H3;1H. The highest BCUT2D eigenvalue weighted by Crippen LogP contribution is 2.23. The lowest BCUT2D eigenvalue weighted by molar-refractivity contribution is -0.787. The van der Waals surface area contributed by atoms with Crippen LogP contribution < -0.4 is 22.4 Å². The maximum absolute atomic E-state index is 10.8. The van der Waals surface area contributed by atoms with Crippen molar-refractivity contribution in [1.82, 2.24) is 5.27 Å². The monoisotopic (exact) mass is 245 g/mol. The minimum atomic E-state index is -0.137. The van der Waals surface area contributed by atoms with E-state index in [2.05, 4.69) is 10.6 Å². The van der Waals surface area contributed by atoms with Crippen LogP contribution in [0.4, 0.5) is 5.88 Å². The lowest BCUT2D eigenvalue weighted by Crippen LogP contribution is -3.00. The first-order chi connectivity index (χ1) is 7.25. The molecule has 1 aliphatic carbocycles. The molecule has 1 aromatic heterocycles. The first kappa shape index (κ1) is 13.0. The number of carbonyl (C=O) groups is 1. The van der Waals surface area contributed by atoms with Gasteiger partial charge in [0, 0.05) is 19.8 Å². The van der Waals surface area contributed by atoms with Gasteiger partial charge in [-0.3, -0.25) is 14.6 Å².